The molecule has 0 fully saturated rings. The first-order valence-corrected chi connectivity index (χ1v) is 6.39. The number of carbonyl (C=O) groups excluding carboxylic acids is 1. The van der Waals surface area contributed by atoms with Crippen molar-refractivity contribution in [2.45, 2.75) is 6.42 Å². The Hall–Kier alpha value is -2.84. The topological polar surface area (TPSA) is 82.2 Å². The summed E-state index contributed by atoms with van der Waals surface area (Å²) >= 11 is 0. The molecule has 0 bridgehead atoms. The number of aliphatic hydroxyl groups excluding tert-OH is 1. The fourth-order valence-corrected chi connectivity index (χ4v) is 1.69. The quantitative estimate of drug-likeness (QED) is 0.743. The van der Waals surface area contributed by atoms with E-state index < -0.39 is 5.91 Å². The van der Waals surface area contributed by atoms with Gasteiger partial charge < -0.3 is 15.4 Å². The molecule has 0 saturated heterocycles. The van der Waals surface area contributed by atoms with Crippen LogP contribution in [0.4, 0.5) is 5.69 Å². The van der Waals surface area contributed by atoms with Crippen LogP contribution in [0.2, 0.25) is 0 Å². The Morgan fingerprint density at radius 2 is 2.19 bits per heavy atom. The maximum absolute atomic E-state index is 12.0. The second-order valence-corrected chi connectivity index (χ2v) is 4.23. The van der Waals surface area contributed by atoms with Gasteiger partial charge in [-0.2, -0.15) is 0 Å². The van der Waals surface area contributed by atoms with Gasteiger partial charge in [0.05, 0.1) is 6.61 Å². The van der Waals surface area contributed by atoms with Gasteiger partial charge in [-0.15, -0.1) is 0 Å². The lowest BCUT2D eigenvalue weighted by atomic mass is 10.2. The van der Waals surface area contributed by atoms with E-state index in [1.807, 2.05) is 0 Å². The molecule has 5 heteroatoms. The number of aliphatic hydroxyl groups is 1. The van der Waals surface area contributed by atoms with Gasteiger partial charge in [0.1, 0.15) is 5.56 Å². The maximum Gasteiger partial charge on any atom is 0.261 e. The van der Waals surface area contributed by atoms with Crippen LogP contribution in [-0.4, -0.2) is 22.6 Å². The molecule has 21 heavy (non-hydrogen) atoms. The number of hydrogen-bond donors (Lipinski definition) is 3. The molecule has 0 aliphatic heterocycles. The highest BCUT2D eigenvalue weighted by molar-refractivity contribution is 6.04. The zero-order valence-electron chi connectivity index (χ0n) is 11.2. The fraction of sp³-hybridized carbons (Fsp3) is 0.125. The highest BCUT2D eigenvalue weighted by Gasteiger charge is 2.09. The molecular formula is C16H14N2O3. The number of nitrogens with one attached hydrogen (secondary N) is 2. The normalized spacial score (nSPS) is 9.57. The first-order valence-electron chi connectivity index (χ1n) is 6.39. The zero-order valence-corrected chi connectivity index (χ0v) is 11.2. The van der Waals surface area contributed by atoms with Gasteiger partial charge >= 0.3 is 0 Å². The van der Waals surface area contributed by atoms with E-state index in [4.69, 9.17) is 5.11 Å². The molecule has 2 rings (SSSR count). The molecule has 0 aliphatic rings. The number of hydrogen-bond acceptors (Lipinski definition) is 3. The molecule has 1 amide bonds. The maximum atomic E-state index is 12.0. The Kier molecular flexibility index (Phi) is 4.91. The average Bonchev–Trinajstić information content (AvgIpc) is 2.48. The Morgan fingerprint density at radius 1 is 1.33 bits per heavy atom. The van der Waals surface area contributed by atoms with E-state index >= 15 is 0 Å². The first-order chi connectivity index (χ1) is 10.2. The lowest BCUT2D eigenvalue weighted by molar-refractivity contribution is 0.102. The summed E-state index contributed by atoms with van der Waals surface area (Å²) in [5, 5.41) is 11.3. The summed E-state index contributed by atoms with van der Waals surface area (Å²) in [6, 6.07) is 8.28. The third-order valence-corrected chi connectivity index (χ3v) is 2.66. The summed E-state index contributed by atoms with van der Waals surface area (Å²) in [6.45, 7) is 0.0141. The molecule has 0 radical (unpaired) electrons. The van der Waals surface area contributed by atoms with E-state index in [1.54, 1.807) is 24.3 Å². The third kappa shape index (κ3) is 4.06. The van der Waals surface area contributed by atoms with Crippen LogP contribution < -0.4 is 10.7 Å². The molecular weight excluding hydrogens is 268 g/mol. The summed E-state index contributed by atoms with van der Waals surface area (Å²) in [7, 11) is 0. The minimum Gasteiger partial charge on any atom is -0.395 e. The summed E-state index contributed by atoms with van der Waals surface area (Å²) in [4.78, 5) is 26.3. The molecule has 0 aliphatic carbocycles. The Labute approximate surface area is 121 Å². The van der Waals surface area contributed by atoms with Gasteiger partial charge in [-0.05, 0) is 18.2 Å². The molecule has 3 N–H and O–H groups in total. The van der Waals surface area contributed by atoms with Crippen LogP contribution in [0.15, 0.2) is 47.5 Å². The second kappa shape index (κ2) is 7.08. The second-order valence-electron chi connectivity index (χ2n) is 4.23. The Morgan fingerprint density at radius 3 is 2.95 bits per heavy atom. The summed E-state index contributed by atoms with van der Waals surface area (Å²) in [6.07, 6.45) is 3.23. The van der Waals surface area contributed by atoms with E-state index in [0.717, 1.165) is 5.56 Å². The molecule has 0 saturated carbocycles. The van der Waals surface area contributed by atoms with Crippen molar-refractivity contribution in [3.63, 3.8) is 0 Å². The molecule has 106 valence electrons. The van der Waals surface area contributed by atoms with Crippen molar-refractivity contribution in [2.24, 2.45) is 0 Å². The summed E-state index contributed by atoms with van der Waals surface area (Å²) in [5.74, 6) is 5.21. The standard InChI is InChI=1S/C16H14N2O3/c19-9-2-1-4-12-5-3-6-13(10-12)18-16(21)14-11-17-8-7-15(14)20/h3,5-8,10-11,19H,2,9H2,(H,17,20)(H,18,21). The van der Waals surface area contributed by atoms with Gasteiger partial charge in [-0.3, -0.25) is 9.59 Å². The van der Waals surface area contributed by atoms with Crippen molar-refractivity contribution in [1.82, 2.24) is 4.98 Å². The minimum absolute atomic E-state index is 0.0141. The number of H-pyrrole nitrogens is 1. The molecule has 1 aromatic carbocycles. The number of benzene rings is 1. The Bertz CT molecular complexity index is 754. The van der Waals surface area contributed by atoms with Crippen LogP contribution in [0.3, 0.4) is 0 Å². The fourth-order valence-electron chi connectivity index (χ4n) is 1.69. The molecule has 0 spiro atoms. The number of carbonyl (C=O) groups is 1. The van der Waals surface area contributed by atoms with Crippen molar-refractivity contribution < 1.29 is 9.90 Å². The van der Waals surface area contributed by atoms with Gasteiger partial charge in [0.15, 0.2) is 5.43 Å². The SMILES string of the molecule is O=C(Nc1cccc(C#CCCO)c1)c1c[nH]ccc1=O. The summed E-state index contributed by atoms with van der Waals surface area (Å²) < 4.78 is 0. The van der Waals surface area contributed by atoms with E-state index in [9.17, 15) is 9.59 Å². The van der Waals surface area contributed by atoms with Gasteiger partial charge in [0.2, 0.25) is 0 Å². The van der Waals surface area contributed by atoms with Crippen LogP contribution >= 0.6 is 0 Å². The number of anilines is 1. The van der Waals surface area contributed by atoms with Crippen molar-refractivity contribution in [3.05, 3.63) is 64.1 Å². The summed E-state index contributed by atoms with van der Waals surface area (Å²) in [5.41, 5.74) is 0.988. The average molecular weight is 282 g/mol. The predicted molar refractivity (Wildman–Crippen MR) is 80.0 cm³/mol. The smallest absolute Gasteiger partial charge is 0.261 e. The lowest BCUT2D eigenvalue weighted by Gasteiger charge is -2.04. The van der Waals surface area contributed by atoms with Crippen LogP contribution in [0, 0.1) is 11.8 Å². The van der Waals surface area contributed by atoms with E-state index in [1.165, 1.54) is 18.5 Å². The third-order valence-electron chi connectivity index (χ3n) is 2.66. The number of rotatable bonds is 3. The number of aromatic amines is 1. The molecule has 0 unspecified atom stereocenters. The molecule has 0 atom stereocenters. The molecule has 1 aromatic heterocycles. The van der Waals surface area contributed by atoms with Crippen LogP contribution in [0.25, 0.3) is 0 Å². The van der Waals surface area contributed by atoms with Crippen molar-refractivity contribution in [3.8, 4) is 11.8 Å². The van der Waals surface area contributed by atoms with Crippen molar-refractivity contribution >= 4 is 11.6 Å². The molecule has 1 heterocycles. The number of amides is 1. The van der Waals surface area contributed by atoms with Crippen LogP contribution in [-0.2, 0) is 0 Å². The molecule has 5 nitrogen and oxygen atoms in total. The van der Waals surface area contributed by atoms with E-state index in [-0.39, 0.29) is 17.6 Å². The van der Waals surface area contributed by atoms with Gasteiger partial charge in [-0.25, -0.2) is 0 Å². The minimum atomic E-state index is -0.475. The predicted octanol–water partition coefficient (Wildman–Crippen LogP) is 1.36. The lowest BCUT2D eigenvalue weighted by Crippen LogP contribution is -2.20. The largest absolute Gasteiger partial charge is 0.395 e. The number of pyridine rings is 1. The highest BCUT2D eigenvalue weighted by atomic mass is 16.2. The van der Waals surface area contributed by atoms with Crippen molar-refractivity contribution in [1.29, 1.82) is 0 Å². The number of aromatic nitrogens is 1. The highest BCUT2D eigenvalue weighted by Crippen LogP contribution is 2.10. The van der Waals surface area contributed by atoms with E-state index in [2.05, 4.69) is 22.1 Å². The van der Waals surface area contributed by atoms with Crippen LogP contribution in [0.5, 0.6) is 0 Å². The Balaban J connectivity index is 2.15. The van der Waals surface area contributed by atoms with Gasteiger partial charge in [0, 0.05) is 36.1 Å². The van der Waals surface area contributed by atoms with Crippen molar-refractivity contribution in [2.75, 3.05) is 11.9 Å². The molecule has 2 aromatic rings. The van der Waals surface area contributed by atoms with Gasteiger partial charge in [-0.1, -0.05) is 17.9 Å². The van der Waals surface area contributed by atoms with Crippen LogP contribution in [0.1, 0.15) is 22.3 Å². The zero-order chi connectivity index (χ0) is 15.1. The first kappa shape index (κ1) is 14.6. The monoisotopic (exact) mass is 282 g/mol. The van der Waals surface area contributed by atoms with Gasteiger partial charge in [0.25, 0.3) is 5.91 Å². The van der Waals surface area contributed by atoms with E-state index in [0.29, 0.717) is 12.1 Å².